The lowest BCUT2D eigenvalue weighted by molar-refractivity contribution is -0.265. The largest absolute Gasteiger partial charge is 0.483 e. The van der Waals surface area contributed by atoms with Gasteiger partial charge < -0.3 is 23.7 Å². The van der Waals surface area contributed by atoms with Crippen LogP contribution in [-0.2, 0) is 44.6 Å². The Labute approximate surface area is 236 Å². The number of hydrogen-bond donors (Lipinski definition) is 0. The van der Waals surface area contributed by atoms with Crippen molar-refractivity contribution in [1.29, 1.82) is 0 Å². The molecule has 2 aliphatic rings. The first-order chi connectivity index (χ1) is 19.1. The third-order valence-electron chi connectivity index (χ3n) is 6.78. The number of ether oxygens (including phenoxy) is 5. The summed E-state index contributed by atoms with van der Waals surface area (Å²) in [6, 6.07) is 14.9. The van der Waals surface area contributed by atoms with E-state index in [0.29, 0.717) is 11.8 Å². The summed E-state index contributed by atoms with van der Waals surface area (Å²) >= 11 is 0. The minimum Gasteiger partial charge on any atom is -0.483 e. The van der Waals surface area contributed by atoms with Gasteiger partial charge in [-0.05, 0) is 37.5 Å². The Morgan fingerprint density at radius 1 is 0.950 bits per heavy atom. The van der Waals surface area contributed by atoms with Gasteiger partial charge in [0.15, 0.2) is 12.3 Å². The molecule has 2 aliphatic heterocycles. The molecule has 4 rings (SSSR count). The molecule has 0 bridgehead atoms. The van der Waals surface area contributed by atoms with Gasteiger partial charge in [0.2, 0.25) is 11.8 Å². The molecule has 218 valence electrons. The molecular formula is C29H38N2O8S. The lowest BCUT2D eigenvalue weighted by Gasteiger charge is -2.41. The molecule has 2 aromatic rings. The Morgan fingerprint density at radius 3 is 2.20 bits per heavy atom. The zero-order valence-corrected chi connectivity index (χ0v) is 24.5. The quantitative estimate of drug-likeness (QED) is 0.414. The number of methoxy groups -OCH3 is 2. The predicted molar refractivity (Wildman–Crippen MR) is 150 cm³/mol. The molecule has 40 heavy (non-hydrogen) atoms. The molecule has 1 fully saturated rings. The Bertz CT molecular complexity index is 1280. The highest BCUT2D eigenvalue weighted by Crippen LogP contribution is 2.30. The summed E-state index contributed by atoms with van der Waals surface area (Å²) in [5.74, 6) is 0.864. The normalized spacial score (nSPS) is 26.1. The summed E-state index contributed by atoms with van der Waals surface area (Å²) in [6.45, 7) is 7.81. The van der Waals surface area contributed by atoms with Crippen LogP contribution in [0.25, 0.3) is 0 Å². The fourth-order valence-corrected chi connectivity index (χ4v) is 5.70. The van der Waals surface area contributed by atoms with Crippen molar-refractivity contribution in [3.05, 3.63) is 65.7 Å². The van der Waals surface area contributed by atoms with Gasteiger partial charge in [0.05, 0.1) is 32.3 Å². The summed E-state index contributed by atoms with van der Waals surface area (Å²) in [7, 11) is -1.08. The van der Waals surface area contributed by atoms with Crippen LogP contribution >= 0.6 is 0 Å². The molecule has 0 spiro atoms. The van der Waals surface area contributed by atoms with Crippen LogP contribution in [0.1, 0.15) is 31.9 Å². The van der Waals surface area contributed by atoms with Crippen LogP contribution in [0.3, 0.4) is 0 Å². The Morgan fingerprint density at radius 2 is 1.57 bits per heavy atom. The van der Waals surface area contributed by atoms with Crippen LogP contribution in [0, 0.1) is 12.8 Å². The topological polar surface area (TPSA) is 114 Å². The van der Waals surface area contributed by atoms with Crippen molar-refractivity contribution < 1.29 is 36.3 Å². The highest BCUT2D eigenvalue weighted by Gasteiger charge is 2.47. The Hall–Kier alpha value is -2.83. The number of rotatable bonds is 9. The maximum Gasteiger partial charge on any atom is 0.297 e. The van der Waals surface area contributed by atoms with E-state index in [1.807, 2.05) is 51.1 Å². The fourth-order valence-electron chi connectivity index (χ4n) is 4.63. The van der Waals surface area contributed by atoms with E-state index in [1.54, 1.807) is 26.2 Å². The van der Waals surface area contributed by atoms with Gasteiger partial charge in [-0.25, -0.2) is 9.98 Å². The number of aryl methyl sites for hydroxylation is 1. The van der Waals surface area contributed by atoms with Crippen molar-refractivity contribution in [2.24, 2.45) is 15.9 Å². The number of aliphatic imine (C=N–C) groups is 2. The van der Waals surface area contributed by atoms with Crippen LogP contribution in [-0.4, -0.2) is 77.7 Å². The zero-order valence-electron chi connectivity index (χ0n) is 23.7. The second-order valence-corrected chi connectivity index (χ2v) is 11.7. The van der Waals surface area contributed by atoms with E-state index in [2.05, 4.69) is 0 Å². The van der Waals surface area contributed by atoms with Crippen LogP contribution in [0.15, 0.2) is 69.5 Å². The molecule has 0 aromatic heterocycles. The maximum atomic E-state index is 13.3. The van der Waals surface area contributed by atoms with E-state index in [1.165, 1.54) is 19.2 Å². The first-order valence-electron chi connectivity index (χ1n) is 13.3. The van der Waals surface area contributed by atoms with E-state index < -0.39 is 40.8 Å². The summed E-state index contributed by atoms with van der Waals surface area (Å²) in [4.78, 5) is 9.68. The number of benzene rings is 2. The first kappa shape index (κ1) is 30.1. The molecular weight excluding hydrogens is 536 g/mol. The van der Waals surface area contributed by atoms with Crippen LogP contribution in [0.5, 0.6) is 0 Å². The van der Waals surface area contributed by atoms with E-state index in [4.69, 9.17) is 37.9 Å². The monoisotopic (exact) mass is 574 g/mol. The molecule has 0 radical (unpaired) electrons. The van der Waals surface area contributed by atoms with E-state index in [0.717, 1.165) is 11.1 Å². The van der Waals surface area contributed by atoms with Crippen molar-refractivity contribution in [3.63, 3.8) is 0 Å². The Kier molecular flexibility index (Phi) is 9.96. The van der Waals surface area contributed by atoms with Crippen molar-refractivity contribution in [3.8, 4) is 0 Å². The molecule has 10 nitrogen and oxygen atoms in total. The van der Waals surface area contributed by atoms with Gasteiger partial charge in [0, 0.05) is 0 Å². The molecule has 6 atom stereocenters. The molecule has 2 heterocycles. The van der Waals surface area contributed by atoms with E-state index in [-0.39, 0.29) is 30.1 Å². The van der Waals surface area contributed by atoms with Gasteiger partial charge in [0.25, 0.3) is 10.1 Å². The fraction of sp³-hybridized carbons (Fsp3) is 0.517. The smallest absolute Gasteiger partial charge is 0.297 e. The van der Waals surface area contributed by atoms with Gasteiger partial charge in [-0.2, -0.15) is 8.42 Å². The van der Waals surface area contributed by atoms with Crippen LogP contribution in [0.4, 0.5) is 0 Å². The van der Waals surface area contributed by atoms with Crippen molar-refractivity contribution in [2.75, 3.05) is 20.8 Å². The van der Waals surface area contributed by atoms with Gasteiger partial charge >= 0.3 is 0 Å². The molecule has 0 saturated carbocycles. The lowest BCUT2D eigenvalue weighted by atomic mass is 9.97. The lowest BCUT2D eigenvalue weighted by Crippen LogP contribution is -2.57. The molecule has 0 aliphatic carbocycles. The molecule has 0 N–H and O–H groups in total. The predicted octanol–water partition coefficient (Wildman–Crippen LogP) is 3.91. The maximum absolute atomic E-state index is 13.3. The highest BCUT2D eigenvalue weighted by molar-refractivity contribution is 7.86. The van der Waals surface area contributed by atoms with Crippen LogP contribution in [0.2, 0.25) is 0 Å². The summed E-state index contributed by atoms with van der Waals surface area (Å²) in [5.41, 5.74) is 1.85. The van der Waals surface area contributed by atoms with Gasteiger partial charge in [-0.15, -0.1) is 0 Å². The number of hydrogen-bond acceptors (Lipinski definition) is 10. The third kappa shape index (κ3) is 7.08. The van der Waals surface area contributed by atoms with Gasteiger partial charge in [-0.1, -0.05) is 61.9 Å². The highest BCUT2D eigenvalue weighted by atomic mass is 32.2. The average molecular weight is 575 g/mol. The minimum absolute atomic E-state index is 0.0356. The van der Waals surface area contributed by atoms with Crippen molar-refractivity contribution in [2.45, 2.75) is 75.9 Å². The van der Waals surface area contributed by atoms with Gasteiger partial charge in [-0.3, -0.25) is 4.18 Å². The summed E-state index contributed by atoms with van der Waals surface area (Å²) < 4.78 is 62.0. The minimum atomic E-state index is -4.15. The van der Waals surface area contributed by atoms with E-state index in [9.17, 15) is 8.42 Å². The number of nitrogens with zero attached hydrogens (tertiary/aromatic N) is 2. The van der Waals surface area contributed by atoms with Crippen molar-refractivity contribution >= 4 is 21.9 Å². The second kappa shape index (κ2) is 13.2. The Balaban J connectivity index is 1.72. The molecule has 11 heteroatoms. The summed E-state index contributed by atoms with van der Waals surface area (Å²) in [5, 5.41) is 0. The van der Waals surface area contributed by atoms with Gasteiger partial charge in [0.1, 0.15) is 24.4 Å². The van der Waals surface area contributed by atoms with Crippen molar-refractivity contribution in [1.82, 2.24) is 0 Å². The third-order valence-corrected chi connectivity index (χ3v) is 8.13. The zero-order chi connectivity index (χ0) is 28.9. The SMILES string of the molecule is COC1=N[C@H](C(C)C)C(OC)=N[C@H]1[C@H](OCc1ccccc1)[C@@H]1O[C@H](C)OC[C@H]1OS(=O)(=O)c1ccc(C)cc1. The van der Waals surface area contributed by atoms with Crippen LogP contribution < -0.4 is 0 Å². The molecule has 0 unspecified atom stereocenters. The first-order valence-corrected chi connectivity index (χ1v) is 14.7. The molecule has 1 saturated heterocycles. The average Bonchev–Trinajstić information content (AvgIpc) is 2.94. The second-order valence-electron chi connectivity index (χ2n) is 10.1. The van der Waals surface area contributed by atoms with E-state index >= 15 is 0 Å². The molecule has 0 amide bonds. The summed E-state index contributed by atoms with van der Waals surface area (Å²) in [6.07, 6.45) is -3.45. The molecule has 2 aromatic carbocycles. The standard InChI is InChI=1S/C29H38N2O8S/c1-18(2)24-28(34-5)31-25(29(30-24)35-6)27(37-16-21-10-8-7-9-11-21)26-23(17-36-20(4)38-26)39-40(32,33)22-14-12-19(3)13-15-22/h7-15,18,20,23-27H,16-17H2,1-6H3/t20-,23-,24-,25+,26-,27+/m1/s1.